The van der Waals surface area contributed by atoms with E-state index in [1.54, 1.807) is 23.1 Å². The molecule has 0 radical (unpaired) electrons. The maximum absolute atomic E-state index is 12.2. The number of benzene rings is 1. The molecule has 0 aliphatic carbocycles. The van der Waals surface area contributed by atoms with Crippen molar-refractivity contribution in [2.75, 3.05) is 18.8 Å². The quantitative estimate of drug-likeness (QED) is 0.840. The minimum Gasteiger partial charge on any atom is -0.398 e. The van der Waals surface area contributed by atoms with Gasteiger partial charge < -0.3 is 10.6 Å². The number of nitrogens with two attached hydrogens (primary N) is 1. The van der Waals surface area contributed by atoms with E-state index in [2.05, 4.69) is 13.8 Å². The van der Waals surface area contributed by atoms with Gasteiger partial charge in [0.1, 0.15) is 0 Å². The molecule has 17 heavy (non-hydrogen) atoms. The Bertz CT molecular complexity index is 404. The number of amides is 1. The lowest BCUT2D eigenvalue weighted by Gasteiger charge is -2.23. The highest BCUT2D eigenvalue weighted by molar-refractivity contribution is 6.31. The van der Waals surface area contributed by atoms with Crippen LogP contribution in [0, 0.1) is 5.92 Å². The van der Waals surface area contributed by atoms with Crippen LogP contribution in [0.15, 0.2) is 18.2 Å². The van der Waals surface area contributed by atoms with Crippen LogP contribution in [0.25, 0.3) is 0 Å². The number of carbonyl (C=O) groups excluding carboxylic acids is 1. The number of rotatable bonds is 4. The van der Waals surface area contributed by atoms with Crippen molar-refractivity contribution in [2.45, 2.75) is 20.8 Å². The Kier molecular flexibility index (Phi) is 4.82. The van der Waals surface area contributed by atoms with Crippen molar-refractivity contribution in [1.82, 2.24) is 4.90 Å². The smallest absolute Gasteiger partial charge is 0.255 e. The average molecular weight is 255 g/mol. The fourth-order valence-corrected chi connectivity index (χ4v) is 1.88. The number of nitrogen functional groups attached to an aromatic ring is 1. The molecule has 2 N–H and O–H groups in total. The normalized spacial score (nSPS) is 10.6. The minimum atomic E-state index is -0.0321. The zero-order chi connectivity index (χ0) is 13.0. The molecular formula is C13H19ClN2O. The van der Waals surface area contributed by atoms with Crippen LogP contribution in [-0.2, 0) is 0 Å². The van der Waals surface area contributed by atoms with Crippen LogP contribution in [0.2, 0.25) is 5.02 Å². The van der Waals surface area contributed by atoms with E-state index in [0.29, 0.717) is 28.7 Å². The van der Waals surface area contributed by atoms with Crippen molar-refractivity contribution in [1.29, 1.82) is 0 Å². The molecular weight excluding hydrogens is 236 g/mol. The molecule has 0 fully saturated rings. The molecule has 3 nitrogen and oxygen atoms in total. The second kappa shape index (κ2) is 5.92. The number of nitrogens with zero attached hydrogens (tertiary/aromatic N) is 1. The van der Waals surface area contributed by atoms with Gasteiger partial charge in [-0.1, -0.05) is 25.4 Å². The van der Waals surface area contributed by atoms with E-state index >= 15 is 0 Å². The van der Waals surface area contributed by atoms with E-state index in [1.807, 2.05) is 6.92 Å². The standard InChI is InChI=1S/C13H19ClN2O/c1-4-16(8-9(2)3)13(17)11-6-5-10(14)7-12(11)15/h5-7,9H,4,8,15H2,1-3H3. The molecule has 0 heterocycles. The predicted molar refractivity (Wildman–Crippen MR) is 72.3 cm³/mol. The lowest BCUT2D eigenvalue weighted by Crippen LogP contribution is -2.34. The molecule has 0 aliphatic heterocycles. The molecule has 0 saturated carbocycles. The van der Waals surface area contributed by atoms with Gasteiger partial charge in [0.15, 0.2) is 0 Å². The van der Waals surface area contributed by atoms with Crippen molar-refractivity contribution in [3.63, 3.8) is 0 Å². The van der Waals surface area contributed by atoms with Crippen LogP contribution in [0.3, 0.4) is 0 Å². The summed E-state index contributed by atoms with van der Waals surface area (Å²) in [5.41, 5.74) is 6.77. The van der Waals surface area contributed by atoms with Gasteiger partial charge in [-0.25, -0.2) is 0 Å². The van der Waals surface area contributed by atoms with Crippen molar-refractivity contribution in [3.05, 3.63) is 28.8 Å². The van der Waals surface area contributed by atoms with Gasteiger partial charge in [0.25, 0.3) is 5.91 Å². The summed E-state index contributed by atoms with van der Waals surface area (Å²) >= 11 is 5.81. The van der Waals surface area contributed by atoms with Gasteiger partial charge in [0.2, 0.25) is 0 Å². The molecule has 1 amide bonds. The van der Waals surface area contributed by atoms with E-state index in [-0.39, 0.29) is 5.91 Å². The Morgan fingerprint density at radius 1 is 1.47 bits per heavy atom. The Morgan fingerprint density at radius 3 is 2.59 bits per heavy atom. The lowest BCUT2D eigenvalue weighted by molar-refractivity contribution is 0.0747. The zero-order valence-electron chi connectivity index (χ0n) is 10.5. The molecule has 0 saturated heterocycles. The summed E-state index contributed by atoms with van der Waals surface area (Å²) in [7, 11) is 0. The van der Waals surface area contributed by atoms with Crippen molar-refractivity contribution in [2.24, 2.45) is 5.92 Å². The predicted octanol–water partition coefficient (Wildman–Crippen LogP) is 3.04. The first kappa shape index (κ1) is 13.8. The first-order valence-corrected chi connectivity index (χ1v) is 6.17. The highest BCUT2D eigenvalue weighted by atomic mass is 35.5. The molecule has 0 bridgehead atoms. The molecule has 0 aliphatic rings. The summed E-state index contributed by atoms with van der Waals surface area (Å²) < 4.78 is 0. The second-order valence-corrected chi connectivity index (χ2v) is 4.91. The second-order valence-electron chi connectivity index (χ2n) is 4.47. The highest BCUT2D eigenvalue weighted by Crippen LogP contribution is 2.20. The molecule has 1 aromatic carbocycles. The number of halogens is 1. The maximum atomic E-state index is 12.2. The van der Waals surface area contributed by atoms with Crippen LogP contribution in [-0.4, -0.2) is 23.9 Å². The third-order valence-electron chi connectivity index (χ3n) is 2.50. The molecule has 1 aromatic rings. The van der Waals surface area contributed by atoms with Crippen molar-refractivity contribution in [3.8, 4) is 0 Å². The van der Waals surface area contributed by atoms with E-state index in [4.69, 9.17) is 17.3 Å². The molecule has 1 rings (SSSR count). The maximum Gasteiger partial charge on any atom is 0.255 e. The van der Waals surface area contributed by atoms with Crippen LogP contribution in [0.4, 0.5) is 5.69 Å². The Labute approximate surface area is 108 Å². The molecule has 0 atom stereocenters. The third-order valence-corrected chi connectivity index (χ3v) is 2.73. The van der Waals surface area contributed by atoms with Gasteiger partial charge in [-0.3, -0.25) is 4.79 Å². The summed E-state index contributed by atoms with van der Waals surface area (Å²) in [5, 5.41) is 0.547. The largest absolute Gasteiger partial charge is 0.398 e. The summed E-state index contributed by atoms with van der Waals surface area (Å²) in [5.74, 6) is 0.405. The van der Waals surface area contributed by atoms with Crippen molar-refractivity contribution >= 4 is 23.2 Å². The zero-order valence-corrected chi connectivity index (χ0v) is 11.3. The average Bonchev–Trinajstić information content (AvgIpc) is 2.24. The van der Waals surface area contributed by atoms with Gasteiger partial charge in [-0.2, -0.15) is 0 Å². The van der Waals surface area contributed by atoms with Gasteiger partial charge in [-0.15, -0.1) is 0 Å². The molecule has 0 unspecified atom stereocenters. The molecule has 4 heteroatoms. The number of hydrogen-bond acceptors (Lipinski definition) is 2. The monoisotopic (exact) mass is 254 g/mol. The van der Waals surface area contributed by atoms with Gasteiger partial charge >= 0.3 is 0 Å². The number of hydrogen-bond donors (Lipinski definition) is 1. The fourth-order valence-electron chi connectivity index (χ4n) is 1.70. The first-order valence-electron chi connectivity index (χ1n) is 5.80. The van der Waals surface area contributed by atoms with Crippen LogP contribution in [0.5, 0.6) is 0 Å². The van der Waals surface area contributed by atoms with E-state index in [0.717, 1.165) is 6.54 Å². The number of anilines is 1. The van der Waals surface area contributed by atoms with Crippen LogP contribution < -0.4 is 5.73 Å². The summed E-state index contributed by atoms with van der Waals surface area (Å²) in [4.78, 5) is 14.0. The summed E-state index contributed by atoms with van der Waals surface area (Å²) in [6.07, 6.45) is 0. The third kappa shape index (κ3) is 3.63. The van der Waals surface area contributed by atoms with Crippen molar-refractivity contribution < 1.29 is 4.79 Å². The van der Waals surface area contributed by atoms with E-state index < -0.39 is 0 Å². The van der Waals surface area contributed by atoms with Crippen LogP contribution >= 0.6 is 11.6 Å². The Balaban J connectivity index is 2.93. The lowest BCUT2D eigenvalue weighted by atomic mass is 10.1. The Morgan fingerprint density at radius 2 is 2.12 bits per heavy atom. The summed E-state index contributed by atoms with van der Waals surface area (Å²) in [6, 6.07) is 4.98. The highest BCUT2D eigenvalue weighted by Gasteiger charge is 2.17. The van der Waals surface area contributed by atoms with E-state index in [1.165, 1.54) is 0 Å². The Hall–Kier alpha value is -1.22. The molecule has 0 aromatic heterocycles. The fraction of sp³-hybridized carbons (Fsp3) is 0.462. The first-order chi connectivity index (χ1) is 7.95. The van der Waals surface area contributed by atoms with E-state index in [9.17, 15) is 4.79 Å². The van der Waals surface area contributed by atoms with Crippen LogP contribution in [0.1, 0.15) is 31.1 Å². The summed E-state index contributed by atoms with van der Waals surface area (Å²) in [6.45, 7) is 7.55. The van der Waals surface area contributed by atoms with Gasteiger partial charge in [0, 0.05) is 23.8 Å². The number of carbonyl (C=O) groups is 1. The SMILES string of the molecule is CCN(CC(C)C)C(=O)c1ccc(Cl)cc1N. The molecule has 94 valence electrons. The van der Waals surface area contributed by atoms with Gasteiger partial charge in [-0.05, 0) is 31.0 Å². The minimum absolute atomic E-state index is 0.0321. The topological polar surface area (TPSA) is 46.3 Å². The van der Waals surface area contributed by atoms with Gasteiger partial charge in [0.05, 0.1) is 5.56 Å². The molecule has 0 spiro atoms.